The molecule has 0 spiro atoms. The molecule has 0 aromatic heterocycles. The van der Waals surface area contributed by atoms with Crippen LogP contribution < -0.4 is 11.3 Å². The minimum atomic E-state index is -0.374. The van der Waals surface area contributed by atoms with Crippen molar-refractivity contribution in [3.8, 4) is 6.07 Å². The molecule has 0 bridgehead atoms. The molecule has 6 heteroatoms. The fourth-order valence-corrected chi connectivity index (χ4v) is 3.57. The predicted molar refractivity (Wildman–Crippen MR) is 119 cm³/mol. The number of carbonyl (C=O) groups excluding carboxylic acids is 2. The van der Waals surface area contributed by atoms with Gasteiger partial charge in [0.15, 0.2) is 0 Å². The highest BCUT2D eigenvalue weighted by Crippen LogP contribution is 2.39. The number of hydrazine groups is 1. The molecule has 0 aliphatic heterocycles. The molecule has 2 rings (SSSR count). The van der Waals surface area contributed by atoms with Crippen molar-refractivity contribution >= 4 is 11.8 Å². The van der Waals surface area contributed by atoms with E-state index in [2.05, 4.69) is 18.1 Å². The standard InChI is InChI=1S/C24H30N4O2/c1-4-8-18(16-25)9-7-13-28(12-5-2)24(30)20-15-22(23(29)27-26)21(14-17(20)3)19-10-6-11-19/h4,7-9,14-15,19H,1,5-6,10-13,26H2,2-3H3,(H,27,29)/b9-7-,18-8+. The lowest BCUT2D eigenvalue weighted by Crippen LogP contribution is -2.34. The maximum Gasteiger partial charge on any atom is 0.265 e. The second-order valence-electron chi connectivity index (χ2n) is 7.48. The molecule has 0 heterocycles. The molecule has 1 aromatic rings. The van der Waals surface area contributed by atoms with Gasteiger partial charge in [-0.25, -0.2) is 5.84 Å². The second-order valence-corrected chi connectivity index (χ2v) is 7.48. The second kappa shape index (κ2) is 11.1. The van der Waals surface area contributed by atoms with Gasteiger partial charge >= 0.3 is 0 Å². The third kappa shape index (κ3) is 5.46. The lowest BCUT2D eigenvalue weighted by atomic mass is 9.77. The normalized spacial score (nSPS) is 14.1. The maximum atomic E-state index is 13.3. The van der Waals surface area contributed by atoms with Crippen molar-refractivity contribution in [2.75, 3.05) is 13.1 Å². The first-order valence-corrected chi connectivity index (χ1v) is 10.3. The van der Waals surface area contributed by atoms with E-state index in [1.165, 1.54) is 0 Å². The third-order valence-corrected chi connectivity index (χ3v) is 5.38. The molecule has 3 N–H and O–H groups in total. The van der Waals surface area contributed by atoms with Gasteiger partial charge in [-0.1, -0.05) is 38.1 Å². The highest BCUT2D eigenvalue weighted by molar-refractivity contribution is 6.01. The zero-order valence-electron chi connectivity index (χ0n) is 17.8. The Morgan fingerprint density at radius 2 is 2.10 bits per heavy atom. The summed E-state index contributed by atoms with van der Waals surface area (Å²) in [4.78, 5) is 27.4. The van der Waals surface area contributed by atoms with E-state index in [-0.39, 0.29) is 11.8 Å². The van der Waals surface area contributed by atoms with Gasteiger partial charge in [0.2, 0.25) is 0 Å². The van der Waals surface area contributed by atoms with Crippen molar-refractivity contribution in [2.24, 2.45) is 5.84 Å². The van der Waals surface area contributed by atoms with E-state index in [1.807, 2.05) is 19.9 Å². The number of nitrogens with two attached hydrogens (primary N) is 1. The SMILES string of the molecule is C=C/C=C(C#N)\C=C/CN(CCC)C(=O)c1cc(C(=O)NN)c(C2CCC2)cc1C. The number of amides is 2. The average Bonchev–Trinajstić information content (AvgIpc) is 2.70. The van der Waals surface area contributed by atoms with Crippen LogP contribution in [-0.4, -0.2) is 29.8 Å². The van der Waals surface area contributed by atoms with Gasteiger partial charge in [0.25, 0.3) is 11.8 Å². The number of carbonyl (C=O) groups is 2. The van der Waals surface area contributed by atoms with Gasteiger partial charge in [0.1, 0.15) is 0 Å². The van der Waals surface area contributed by atoms with E-state index < -0.39 is 0 Å². The van der Waals surface area contributed by atoms with Crippen LogP contribution >= 0.6 is 0 Å². The number of rotatable bonds is 9. The van der Waals surface area contributed by atoms with Gasteiger partial charge in [0.05, 0.1) is 11.6 Å². The van der Waals surface area contributed by atoms with E-state index in [0.717, 1.165) is 36.8 Å². The molecule has 1 aromatic carbocycles. The first-order chi connectivity index (χ1) is 14.5. The third-order valence-electron chi connectivity index (χ3n) is 5.38. The van der Waals surface area contributed by atoms with Crippen molar-refractivity contribution in [3.63, 3.8) is 0 Å². The van der Waals surface area contributed by atoms with E-state index >= 15 is 0 Å². The molecule has 1 aliphatic carbocycles. The van der Waals surface area contributed by atoms with Gasteiger partial charge in [-0.15, -0.1) is 0 Å². The largest absolute Gasteiger partial charge is 0.335 e. The Morgan fingerprint density at radius 3 is 2.63 bits per heavy atom. The minimum absolute atomic E-state index is 0.142. The number of aryl methyl sites for hydroxylation is 1. The average molecular weight is 407 g/mol. The molecule has 0 atom stereocenters. The molecular weight excluding hydrogens is 376 g/mol. The van der Waals surface area contributed by atoms with Crippen LogP contribution in [0.2, 0.25) is 0 Å². The summed E-state index contributed by atoms with van der Waals surface area (Å²) in [5, 5.41) is 9.11. The van der Waals surface area contributed by atoms with Crippen LogP contribution in [0.15, 0.2) is 48.6 Å². The zero-order valence-corrected chi connectivity index (χ0v) is 17.8. The van der Waals surface area contributed by atoms with Gasteiger partial charge in [-0.3, -0.25) is 15.0 Å². The number of hydrogen-bond donors (Lipinski definition) is 2. The first-order valence-electron chi connectivity index (χ1n) is 10.3. The van der Waals surface area contributed by atoms with Crippen LogP contribution in [0.3, 0.4) is 0 Å². The predicted octanol–water partition coefficient (Wildman–Crippen LogP) is 3.91. The highest BCUT2D eigenvalue weighted by atomic mass is 16.2. The molecule has 30 heavy (non-hydrogen) atoms. The van der Waals surface area contributed by atoms with Crippen LogP contribution in [-0.2, 0) is 0 Å². The molecular formula is C24H30N4O2. The Hall–Kier alpha value is -3.17. The number of nitriles is 1. The molecule has 158 valence electrons. The van der Waals surface area contributed by atoms with E-state index in [9.17, 15) is 9.59 Å². The molecule has 0 radical (unpaired) electrons. The van der Waals surface area contributed by atoms with Crippen LogP contribution in [0.25, 0.3) is 0 Å². The number of nitrogens with one attached hydrogen (secondary N) is 1. The van der Waals surface area contributed by atoms with Crippen molar-refractivity contribution in [1.29, 1.82) is 5.26 Å². The van der Waals surface area contributed by atoms with Gasteiger partial charge in [-0.05, 0) is 61.4 Å². The van der Waals surface area contributed by atoms with Crippen LogP contribution in [0.1, 0.15) is 70.4 Å². The smallest absolute Gasteiger partial charge is 0.265 e. The van der Waals surface area contributed by atoms with Crippen LogP contribution in [0.4, 0.5) is 0 Å². The van der Waals surface area contributed by atoms with E-state index in [1.54, 1.807) is 35.3 Å². The van der Waals surface area contributed by atoms with Gasteiger partial charge in [-0.2, -0.15) is 5.26 Å². The number of allylic oxidation sites excluding steroid dienone is 4. The van der Waals surface area contributed by atoms with Crippen molar-refractivity contribution in [1.82, 2.24) is 10.3 Å². The first kappa shape index (κ1) is 23.1. The number of nitrogen functional groups attached to an aromatic ring is 1. The summed E-state index contributed by atoms with van der Waals surface area (Å²) in [7, 11) is 0. The zero-order chi connectivity index (χ0) is 22.1. The molecule has 6 nitrogen and oxygen atoms in total. The van der Waals surface area contributed by atoms with Gasteiger partial charge in [0, 0.05) is 24.2 Å². The summed E-state index contributed by atoms with van der Waals surface area (Å²) in [6.45, 7) is 8.43. The molecule has 1 fully saturated rings. The lowest BCUT2D eigenvalue weighted by molar-refractivity contribution is 0.0773. The number of benzene rings is 1. The Kier molecular flexibility index (Phi) is 8.57. The fraction of sp³-hybridized carbons (Fsp3) is 0.375. The van der Waals surface area contributed by atoms with Gasteiger partial charge < -0.3 is 4.90 Å². The topological polar surface area (TPSA) is 99.2 Å². The highest BCUT2D eigenvalue weighted by Gasteiger charge is 2.27. The summed E-state index contributed by atoms with van der Waals surface area (Å²) in [6, 6.07) is 5.72. The summed E-state index contributed by atoms with van der Waals surface area (Å²) in [5.41, 5.74) is 5.47. The molecule has 0 saturated heterocycles. The number of nitrogens with zero attached hydrogens (tertiary/aromatic N) is 2. The summed E-state index contributed by atoms with van der Waals surface area (Å²) in [6.07, 6.45) is 10.7. The van der Waals surface area contributed by atoms with Crippen molar-refractivity contribution < 1.29 is 9.59 Å². The summed E-state index contributed by atoms with van der Waals surface area (Å²) >= 11 is 0. The van der Waals surface area contributed by atoms with E-state index in [0.29, 0.717) is 35.7 Å². The Balaban J connectivity index is 2.34. The molecule has 1 aliphatic rings. The molecule has 2 amide bonds. The van der Waals surface area contributed by atoms with Crippen molar-refractivity contribution in [2.45, 2.75) is 45.4 Å². The lowest BCUT2D eigenvalue weighted by Gasteiger charge is -2.29. The van der Waals surface area contributed by atoms with Crippen LogP contribution in [0.5, 0.6) is 0 Å². The molecule has 1 saturated carbocycles. The molecule has 0 unspecified atom stereocenters. The fourth-order valence-electron chi connectivity index (χ4n) is 3.57. The quantitative estimate of drug-likeness (QED) is 0.213. The Bertz CT molecular complexity index is 905. The summed E-state index contributed by atoms with van der Waals surface area (Å²) in [5.74, 6) is 5.22. The van der Waals surface area contributed by atoms with Crippen LogP contribution in [0, 0.1) is 18.3 Å². The number of hydrogen-bond acceptors (Lipinski definition) is 4. The maximum absolute atomic E-state index is 13.3. The Morgan fingerprint density at radius 1 is 1.37 bits per heavy atom. The van der Waals surface area contributed by atoms with E-state index in [4.69, 9.17) is 11.1 Å². The summed E-state index contributed by atoms with van der Waals surface area (Å²) < 4.78 is 0. The monoisotopic (exact) mass is 406 g/mol. The Labute approximate surface area is 178 Å². The minimum Gasteiger partial charge on any atom is -0.335 e. The van der Waals surface area contributed by atoms with Crippen molar-refractivity contribution in [3.05, 3.63) is 70.8 Å².